The predicted octanol–water partition coefficient (Wildman–Crippen LogP) is 1.47. The summed E-state index contributed by atoms with van der Waals surface area (Å²) in [5.41, 5.74) is 0. The molecule has 1 aromatic rings. The van der Waals surface area contributed by atoms with E-state index in [9.17, 15) is 0 Å². The number of aliphatic hydroxyl groups is 1. The van der Waals surface area contributed by atoms with Crippen LogP contribution in [0, 0.1) is 5.92 Å². The minimum absolute atomic E-state index is 0.157. The molecule has 4 nitrogen and oxygen atoms in total. The van der Waals surface area contributed by atoms with Crippen LogP contribution in [0.25, 0.3) is 0 Å². The van der Waals surface area contributed by atoms with Crippen molar-refractivity contribution in [3.63, 3.8) is 0 Å². The number of hydrogen-bond donors (Lipinski definition) is 1. The Kier molecular flexibility index (Phi) is 2.31. The number of nitrogens with zero attached hydrogens (tertiary/aromatic N) is 2. The van der Waals surface area contributed by atoms with Crippen molar-refractivity contribution in [3.8, 4) is 0 Å². The number of hydrogen-bond acceptors (Lipinski definition) is 4. The van der Waals surface area contributed by atoms with Crippen molar-refractivity contribution in [2.45, 2.75) is 38.7 Å². The summed E-state index contributed by atoms with van der Waals surface area (Å²) >= 11 is 0. The third-order valence-electron chi connectivity index (χ3n) is 2.68. The monoisotopic (exact) mass is 182 g/mol. The third kappa shape index (κ3) is 1.72. The van der Waals surface area contributed by atoms with Gasteiger partial charge in [-0.05, 0) is 25.2 Å². The smallest absolute Gasteiger partial charge is 0.252 e. The summed E-state index contributed by atoms with van der Waals surface area (Å²) in [6.45, 7) is 2.09. The van der Waals surface area contributed by atoms with E-state index in [-0.39, 0.29) is 6.61 Å². The Morgan fingerprint density at radius 2 is 2.38 bits per heavy atom. The minimum atomic E-state index is -0.157. The van der Waals surface area contributed by atoms with Crippen LogP contribution in [-0.4, -0.2) is 15.2 Å². The topological polar surface area (TPSA) is 59.2 Å². The highest BCUT2D eigenvalue weighted by molar-refractivity contribution is 4.98. The summed E-state index contributed by atoms with van der Waals surface area (Å²) < 4.78 is 4.85. The average molecular weight is 182 g/mol. The molecule has 0 saturated heterocycles. The lowest BCUT2D eigenvalue weighted by atomic mass is 10.1. The largest absolute Gasteiger partial charge is 0.387 e. The van der Waals surface area contributed by atoms with Crippen molar-refractivity contribution in [1.29, 1.82) is 0 Å². The SMILES string of the molecule is CC1CCC(c2noc(CO)n2)C1. The highest BCUT2D eigenvalue weighted by Crippen LogP contribution is 2.36. The fraction of sp³-hybridized carbons (Fsp3) is 0.778. The van der Waals surface area contributed by atoms with Gasteiger partial charge < -0.3 is 9.63 Å². The average Bonchev–Trinajstić information content (AvgIpc) is 2.71. The van der Waals surface area contributed by atoms with Gasteiger partial charge in [-0.25, -0.2) is 0 Å². The van der Waals surface area contributed by atoms with Gasteiger partial charge in [0.25, 0.3) is 5.89 Å². The zero-order valence-corrected chi connectivity index (χ0v) is 7.73. The van der Waals surface area contributed by atoms with Gasteiger partial charge in [-0.3, -0.25) is 0 Å². The molecule has 0 radical (unpaired) electrons. The van der Waals surface area contributed by atoms with Gasteiger partial charge in [0.1, 0.15) is 6.61 Å². The predicted molar refractivity (Wildman–Crippen MR) is 46.0 cm³/mol. The summed E-state index contributed by atoms with van der Waals surface area (Å²) in [6, 6.07) is 0. The lowest BCUT2D eigenvalue weighted by Gasteiger charge is -2.01. The van der Waals surface area contributed by atoms with E-state index in [0.717, 1.165) is 24.6 Å². The van der Waals surface area contributed by atoms with Crippen molar-refractivity contribution in [1.82, 2.24) is 10.1 Å². The van der Waals surface area contributed by atoms with Gasteiger partial charge in [0, 0.05) is 5.92 Å². The van der Waals surface area contributed by atoms with Gasteiger partial charge >= 0.3 is 0 Å². The van der Waals surface area contributed by atoms with Crippen molar-refractivity contribution in [3.05, 3.63) is 11.7 Å². The van der Waals surface area contributed by atoms with Crippen LogP contribution in [0.1, 0.15) is 43.8 Å². The van der Waals surface area contributed by atoms with Crippen molar-refractivity contribution in [2.24, 2.45) is 5.92 Å². The first-order valence-electron chi connectivity index (χ1n) is 4.73. The number of aromatic nitrogens is 2. The fourth-order valence-corrected chi connectivity index (χ4v) is 1.94. The van der Waals surface area contributed by atoms with E-state index in [4.69, 9.17) is 9.63 Å². The molecule has 72 valence electrons. The normalized spacial score (nSPS) is 28.2. The molecule has 1 aliphatic rings. The molecule has 2 rings (SSSR count). The highest BCUT2D eigenvalue weighted by Gasteiger charge is 2.26. The Morgan fingerprint density at radius 1 is 1.54 bits per heavy atom. The van der Waals surface area contributed by atoms with Crippen molar-refractivity contribution in [2.75, 3.05) is 0 Å². The molecule has 0 aliphatic heterocycles. The van der Waals surface area contributed by atoms with Gasteiger partial charge in [0.2, 0.25) is 0 Å². The summed E-state index contributed by atoms with van der Waals surface area (Å²) in [7, 11) is 0. The summed E-state index contributed by atoms with van der Waals surface area (Å²) in [5.74, 6) is 2.31. The maximum Gasteiger partial charge on any atom is 0.252 e. The molecule has 1 N–H and O–H groups in total. The number of rotatable bonds is 2. The van der Waals surface area contributed by atoms with E-state index in [0.29, 0.717) is 11.8 Å². The van der Waals surface area contributed by atoms with E-state index < -0.39 is 0 Å². The molecule has 0 bridgehead atoms. The molecule has 13 heavy (non-hydrogen) atoms. The second-order valence-corrected chi connectivity index (χ2v) is 3.82. The first-order valence-corrected chi connectivity index (χ1v) is 4.73. The lowest BCUT2D eigenvalue weighted by molar-refractivity contribution is 0.222. The quantitative estimate of drug-likeness (QED) is 0.752. The molecular formula is C9H14N2O2. The summed E-state index contributed by atoms with van der Waals surface area (Å²) in [4.78, 5) is 4.12. The molecule has 1 saturated carbocycles. The van der Waals surface area contributed by atoms with E-state index in [1.165, 1.54) is 6.42 Å². The molecule has 2 unspecified atom stereocenters. The fourth-order valence-electron chi connectivity index (χ4n) is 1.94. The van der Waals surface area contributed by atoms with Crippen LogP contribution in [-0.2, 0) is 6.61 Å². The number of aliphatic hydroxyl groups excluding tert-OH is 1. The molecule has 0 amide bonds. The molecule has 4 heteroatoms. The van der Waals surface area contributed by atoms with E-state index >= 15 is 0 Å². The Bertz CT molecular complexity index is 285. The second kappa shape index (κ2) is 3.46. The Balaban J connectivity index is 2.08. The summed E-state index contributed by atoms with van der Waals surface area (Å²) in [6.07, 6.45) is 3.53. The maximum absolute atomic E-state index is 8.75. The molecule has 1 aliphatic carbocycles. The van der Waals surface area contributed by atoms with Gasteiger partial charge in [-0.15, -0.1) is 0 Å². The zero-order chi connectivity index (χ0) is 9.26. The van der Waals surface area contributed by atoms with Gasteiger partial charge in [-0.2, -0.15) is 4.98 Å². The Labute approximate surface area is 77.0 Å². The third-order valence-corrected chi connectivity index (χ3v) is 2.68. The molecule has 1 aromatic heterocycles. The van der Waals surface area contributed by atoms with Crippen LogP contribution in [0.3, 0.4) is 0 Å². The molecule has 0 spiro atoms. The Hall–Kier alpha value is -0.900. The van der Waals surface area contributed by atoms with Crippen molar-refractivity contribution >= 4 is 0 Å². The van der Waals surface area contributed by atoms with E-state index in [2.05, 4.69) is 17.1 Å². The van der Waals surface area contributed by atoms with Crippen molar-refractivity contribution < 1.29 is 9.63 Å². The van der Waals surface area contributed by atoms with Gasteiger partial charge in [0.05, 0.1) is 0 Å². The zero-order valence-electron chi connectivity index (χ0n) is 7.73. The van der Waals surface area contributed by atoms with Gasteiger partial charge in [0.15, 0.2) is 5.82 Å². The standard InChI is InChI=1S/C9H14N2O2/c1-6-2-3-7(4-6)9-10-8(5-12)13-11-9/h6-7,12H,2-5H2,1H3. The highest BCUT2D eigenvalue weighted by atomic mass is 16.5. The summed E-state index contributed by atoms with van der Waals surface area (Å²) in [5, 5.41) is 12.6. The van der Waals surface area contributed by atoms with Gasteiger partial charge in [-0.1, -0.05) is 12.1 Å². The first-order chi connectivity index (χ1) is 6.29. The van der Waals surface area contributed by atoms with Crippen LogP contribution >= 0.6 is 0 Å². The minimum Gasteiger partial charge on any atom is -0.387 e. The lowest BCUT2D eigenvalue weighted by Crippen LogP contribution is -1.96. The van der Waals surface area contributed by atoms with Crippen LogP contribution < -0.4 is 0 Å². The van der Waals surface area contributed by atoms with Crippen LogP contribution in [0.15, 0.2) is 4.52 Å². The molecule has 0 aromatic carbocycles. The van der Waals surface area contributed by atoms with Crippen LogP contribution in [0.2, 0.25) is 0 Å². The maximum atomic E-state index is 8.75. The van der Waals surface area contributed by atoms with Crippen LogP contribution in [0.5, 0.6) is 0 Å². The van der Waals surface area contributed by atoms with E-state index in [1.54, 1.807) is 0 Å². The molecule has 2 atom stereocenters. The Morgan fingerprint density at radius 3 is 2.92 bits per heavy atom. The first kappa shape index (κ1) is 8.69. The molecule has 1 heterocycles. The molecule has 1 fully saturated rings. The van der Waals surface area contributed by atoms with Crippen LogP contribution in [0.4, 0.5) is 0 Å². The second-order valence-electron chi connectivity index (χ2n) is 3.82. The molecular weight excluding hydrogens is 168 g/mol. The van der Waals surface area contributed by atoms with E-state index in [1.807, 2.05) is 0 Å².